The van der Waals surface area contributed by atoms with Gasteiger partial charge < -0.3 is 35.7 Å². The molecule has 2 aliphatic rings. The summed E-state index contributed by atoms with van der Waals surface area (Å²) in [5.74, 6) is -2.03. The molecule has 0 saturated carbocycles. The lowest BCUT2D eigenvalue weighted by molar-refractivity contribution is -0.120. The smallest absolute Gasteiger partial charge is 0.409 e. The number of Topliss-reactive ketones (excluding diaryl/α,β-unsaturated/α-hetero) is 1. The molecule has 11 nitrogen and oxygen atoms in total. The molecule has 0 fully saturated rings. The molecule has 0 unspecified atom stereocenters. The summed E-state index contributed by atoms with van der Waals surface area (Å²) in [6, 6.07) is 0. The molecule has 5 N–H and O–H groups in total. The standard InChI is InChI=1S/C31H43N3O8/c1-8-11-33-27-21-13-18(3)15-26(41-7)28(36)20(5)12-17(2)14-25(40-6)24(42-31(32)39)10-9-19(4)30(38)34-22(29(21)37)16-23(27)35/h8-10,12,16,18,20,25-26,28,33,36H,1,11,13-15H2,2-7H3,(H2,32,39)(H,34,38)/b17-12+,19-9+,24-10-/t18-,20-,25-,26-,28+/m0/s1. The highest BCUT2D eigenvalue weighted by atomic mass is 16.6. The first-order valence-electron chi connectivity index (χ1n) is 13.8. The van der Waals surface area contributed by atoms with Crippen molar-refractivity contribution in [3.05, 3.63) is 70.8 Å². The number of hydrogen-bond acceptors (Lipinski definition) is 9. The van der Waals surface area contributed by atoms with Gasteiger partial charge in [-0.25, -0.2) is 4.79 Å². The number of methoxy groups -OCH3 is 2. The number of primary amides is 1. The van der Waals surface area contributed by atoms with Gasteiger partial charge in [-0.3, -0.25) is 14.4 Å². The maximum atomic E-state index is 13.6. The van der Waals surface area contributed by atoms with Crippen molar-refractivity contribution in [2.24, 2.45) is 17.6 Å². The monoisotopic (exact) mass is 585 g/mol. The highest BCUT2D eigenvalue weighted by molar-refractivity contribution is 6.23. The van der Waals surface area contributed by atoms with Crippen molar-refractivity contribution in [1.82, 2.24) is 10.6 Å². The van der Waals surface area contributed by atoms with Crippen molar-refractivity contribution in [2.75, 3.05) is 20.8 Å². The number of aliphatic hydroxyl groups excluding tert-OH is 1. The molecule has 0 aromatic heterocycles. The molecule has 0 aromatic carbocycles. The van der Waals surface area contributed by atoms with Crippen LogP contribution in [0.15, 0.2) is 70.8 Å². The van der Waals surface area contributed by atoms with Gasteiger partial charge in [0, 0.05) is 50.3 Å². The Morgan fingerprint density at radius 2 is 1.86 bits per heavy atom. The summed E-state index contributed by atoms with van der Waals surface area (Å²) in [7, 11) is 2.95. The summed E-state index contributed by atoms with van der Waals surface area (Å²) in [5, 5.41) is 16.7. The van der Waals surface area contributed by atoms with Crippen LogP contribution in [0.1, 0.15) is 47.0 Å². The van der Waals surface area contributed by atoms with E-state index in [4.69, 9.17) is 19.9 Å². The largest absolute Gasteiger partial charge is 0.412 e. The van der Waals surface area contributed by atoms with Crippen LogP contribution in [-0.4, -0.2) is 67.7 Å². The summed E-state index contributed by atoms with van der Waals surface area (Å²) < 4.78 is 16.4. The molecule has 5 atom stereocenters. The highest BCUT2D eigenvalue weighted by Crippen LogP contribution is 2.28. The van der Waals surface area contributed by atoms with Gasteiger partial charge in [-0.15, -0.1) is 6.58 Å². The number of hydrogen-bond donors (Lipinski definition) is 4. The summed E-state index contributed by atoms with van der Waals surface area (Å²) in [6.45, 7) is 11.0. The van der Waals surface area contributed by atoms with Crippen LogP contribution in [0.25, 0.3) is 0 Å². The minimum absolute atomic E-state index is 0.0610. The molecule has 11 heteroatoms. The van der Waals surface area contributed by atoms with Crippen LogP contribution < -0.4 is 16.4 Å². The molecule has 42 heavy (non-hydrogen) atoms. The van der Waals surface area contributed by atoms with Crippen LogP contribution in [0.5, 0.6) is 0 Å². The number of carbonyl (C=O) groups excluding carboxylic acids is 4. The Morgan fingerprint density at radius 3 is 2.45 bits per heavy atom. The van der Waals surface area contributed by atoms with E-state index in [9.17, 15) is 24.3 Å². The second-order valence-corrected chi connectivity index (χ2v) is 10.7. The number of rotatable bonds is 6. The molecule has 0 saturated heterocycles. The third kappa shape index (κ3) is 9.37. The van der Waals surface area contributed by atoms with Crippen molar-refractivity contribution in [2.45, 2.75) is 65.3 Å². The van der Waals surface area contributed by atoms with E-state index in [2.05, 4.69) is 17.2 Å². The number of aliphatic hydroxyl groups is 1. The Balaban J connectivity index is 2.64. The Hall–Kier alpha value is -3.80. The second kappa shape index (κ2) is 16.0. The predicted molar refractivity (Wildman–Crippen MR) is 158 cm³/mol. The number of carbonyl (C=O) groups is 4. The quantitative estimate of drug-likeness (QED) is 0.271. The fraction of sp³-hybridized carbons (Fsp3) is 0.484. The van der Waals surface area contributed by atoms with Gasteiger partial charge in [-0.05, 0) is 38.7 Å². The van der Waals surface area contributed by atoms with Gasteiger partial charge in [-0.2, -0.15) is 0 Å². The summed E-state index contributed by atoms with van der Waals surface area (Å²) in [5.41, 5.74) is 6.50. The molecule has 1 aliphatic carbocycles. The molecule has 1 heterocycles. The lowest BCUT2D eigenvalue weighted by Gasteiger charge is -2.29. The topological polar surface area (TPSA) is 166 Å². The number of ketones is 2. The van der Waals surface area contributed by atoms with Crippen molar-refractivity contribution >= 4 is 23.6 Å². The number of amides is 2. The summed E-state index contributed by atoms with van der Waals surface area (Å²) in [6.07, 6.45) is 4.97. The fourth-order valence-corrected chi connectivity index (χ4v) is 4.93. The van der Waals surface area contributed by atoms with E-state index in [1.165, 1.54) is 33.3 Å². The molecule has 0 radical (unpaired) electrons. The third-order valence-electron chi connectivity index (χ3n) is 7.15. The van der Waals surface area contributed by atoms with E-state index < -0.39 is 41.9 Å². The molecule has 0 spiro atoms. The number of allylic oxidation sites excluding steroid dienone is 4. The van der Waals surface area contributed by atoms with Gasteiger partial charge in [0.2, 0.25) is 11.6 Å². The fourth-order valence-electron chi connectivity index (χ4n) is 4.93. The Morgan fingerprint density at radius 1 is 1.17 bits per heavy atom. The van der Waals surface area contributed by atoms with Crippen LogP contribution in [-0.2, 0) is 28.6 Å². The van der Waals surface area contributed by atoms with E-state index in [0.29, 0.717) is 12.8 Å². The SMILES string of the molecule is C=CCNC1=C2C[C@H](C)C[C@H](OC)[C@H](O)[C@@H](C)/C=C(\C)C[C@H](OC)/C(OC(N)=O)=C/C=C(\C)C(=O)NC(=CC1=O)C2=O. The average Bonchev–Trinajstić information content (AvgIpc) is 2.93. The minimum atomic E-state index is -1.06. The molecule has 230 valence electrons. The van der Waals surface area contributed by atoms with Crippen molar-refractivity contribution < 1.29 is 38.5 Å². The molecular formula is C31H43N3O8. The zero-order valence-electron chi connectivity index (χ0n) is 25.2. The van der Waals surface area contributed by atoms with E-state index in [0.717, 1.165) is 11.6 Å². The van der Waals surface area contributed by atoms with Gasteiger partial charge in [0.1, 0.15) is 11.9 Å². The summed E-state index contributed by atoms with van der Waals surface area (Å²) in [4.78, 5) is 51.3. The molecule has 2 rings (SSSR count). The van der Waals surface area contributed by atoms with E-state index >= 15 is 0 Å². The van der Waals surface area contributed by atoms with Gasteiger partial charge in [0.05, 0.1) is 23.6 Å². The first-order chi connectivity index (χ1) is 19.8. The van der Waals surface area contributed by atoms with Crippen molar-refractivity contribution in [3.63, 3.8) is 0 Å². The number of ether oxygens (including phenoxy) is 3. The zero-order valence-corrected chi connectivity index (χ0v) is 25.2. The molecule has 1 aliphatic heterocycles. The van der Waals surface area contributed by atoms with Crippen LogP contribution in [0.2, 0.25) is 0 Å². The maximum absolute atomic E-state index is 13.6. The second-order valence-electron chi connectivity index (χ2n) is 10.7. The number of fused-ring (bicyclic) bond motifs is 2. The number of nitrogens with one attached hydrogen (secondary N) is 2. The van der Waals surface area contributed by atoms with Crippen LogP contribution in [0, 0.1) is 11.8 Å². The Kier molecular flexibility index (Phi) is 13.1. The first-order valence-corrected chi connectivity index (χ1v) is 13.8. The maximum Gasteiger partial charge on any atom is 0.409 e. The molecule has 0 aromatic rings. The highest BCUT2D eigenvalue weighted by Gasteiger charge is 2.32. The Labute approximate surface area is 247 Å². The normalized spacial score (nSPS) is 30.5. The zero-order chi connectivity index (χ0) is 31.6. The van der Waals surface area contributed by atoms with Gasteiger partial charge >= 0.3 is 6.09 Å². The lowest BCUT2D eigenvalue weighted by atomic mass is 9.85. The molecular weight excluding hydrogens is 542 g/mol. The van der Waals surface area contributed by atoms with Crippen LogP contribution in [0.4, 0.5) is 4.79 Å². The Bertz CT molecular complexity index is 1230. The minimum Gasteiger partial charge on any atom is -0.412 e. The van der Waals surface area contributed by atoms with Gasteiger partial charge in [0.15, 0.2) is 0 Å². The van der Waals surface area contributed by atoms with Crippen LogP contribution >= 0.6 is 0 Å². The lowest BCUT2D eigenvalue weighted by Crippen LogP contribution is -2.37. The summed E-state index contributed by atoms with van der Waals surface area (Å²) >= 11 is 0. The van der Waals surface area contributed by atoms with Crippen molar-refractivity contribution in [3.8, 4) is 0 Å². The van der Waals surface area contributed by atoms with Gasteiger partial charge in [-0.1, -0.05) is 37.6 Å². The molecule has 2 amide bonds. The van der Waals surface area contributed by atoms with E-state index in [1.807, 2.05) is 26.8 Å². The van der Waals surface area contributed by atoms with Crippen molar-refractivity contribution in [1.29, 1.82) is 0 Å². The van der Waals surface area contributed by atoms with Gasteiger partial charge in [0.25, 0.3) is 5.91 Å². The number of nitrogens with two attached hydrogens (primary N) is 1. The first kappa shape index (κ1) is 34.4. The predicted octanol–water partition coefficient (Wildman–Crippen LogP) is 2.89. The van der Waals surface area contributed by atoms with E-state index in [-0.39, 0.29) is 53.1 Å². The molecule has 2 bridgehead atoms. The average molecular weight is 586 g/mol. The third-order valence-corrected chi connectivity index (χ3v) is 7.15. The van der Waals surface area contributed by atoms with E-state index in [1.54, 1.807) is 6.08 Å². The van der Waals surface area contributed by atoms with Crippen LogP contribution in [0.3, 0.4) is 0 Å².